The number of carbonyl (C=O) groups is 1. The fourth-order valence-electron chi connectivity index (χ4n) is 2.81. The third-order valence-electron chi connectivity index (χ3n) is 4.15. The summed E-state index contributed by atoms with van der Waals surface area (Å²) in [6.07, 6.45) is 1.56. The van der Waals surface area contributed by atoms with E-state index in [-0.39, 0.29) is 17.6 Å². The zero-order valence-electron chi connectivity index (χ0n) is 15.5. The Labute approximate surface area is 162 Å². The van der Waals surface area contributed by atoms with Crippen LogP contribution in [0.15, 0.2) is 35.4 Å². The van der Waals surface area contributed by atoms with Crippen LogP contribution in [0.1, 0.15) is 15.9 Å². The largest absolute Gasteiger partial charge is 0.495 e. The van der Waals surface area contributed by atoms with Crippen molar-refractivity contribution in [1.82, 2.24) is 0 Å². The molecule has 0 aliphatic carbocycles. The summed E-state index contributed by atoms with van der Waals surface area (Å²) in [7, 11) is 6.86. The Balaban J connectivity index is 1.96. The van der Waals surface area contributed by atoms with Crippen LogP contribution in [0.4, 0.5) is 5.69 Å². The lowest BCUT2D eigenvalue weighted by Crippen LogP contribution is -2.11. The van der Waals surface area contributed by atoms with Crippen LogP contribution in [0.25, 0.3) is 6.08 Å². The molecule has 0 saturated heterocycles. The number of allylic oxidation sites excluding steroid dienone is 1. The van der Waals surface area contributed by atoms with E-state index in [0.717, 1.165) is 5.69 Å². The van der Waals surface area contributed by atoms with Gasteiger partial charge in [-0.1, -0.05) is 11.6 Å². The predicted molar refractivity (Wildman–Crippen MR) is 105 cm³/mol. The van der Waals surface area contributed by atoms with Gasteiger partial charge in [-0.15, -0.1) is 0 Å². The molecule has 3 rings (SSSR count). The van der Waals surface area contributed by atoms with Crippen molar-refractivity contribution < 1.29 is 23.7 Å². The minimum absolute atomic E-state index is 0.0574. The Hall–Kier alpha value is -2.86. The van der Waals surface area contributed by atoms with E-state index in [1.54, 1.807) is 43.5 Å². The van der Waals surface area contributed by atoms with Crippen LogP contribution in [0, 0.1) is 0 Å². The van der Waals surface area contributed by atoms with E-state index in [2.05, 4.69) is 0 Å². The topological polar surface area (TPSA) is 57.2 Å². The number of hydrogen-bond acceptors (Lipinski definition) is 6. The van der Waals surface area contributed by atoms with Gasteiger partial charge in [0.15, 0.2) is 11.5 Å². The molecule has 1 aliphatic heterocycles. The highest BCUT2D eigenvalue weighted by atomic mass is 35.5. The molecule has 0 spiro atoms. The van der Waals surface area contributed by atoms with E-state index < -0.39 is 0 Å². The average Bonchev–Trinajstić information content (AvgIpc) is 3.15. The summed E-state index contributed by atoms with van der Waals surface area (Å²) in [5.74, 6) is 1.94. The van der Waals surface area contributed by atoms with E-state index in [1.807, 2.05) is 19.0 Å². The second-order valence-electron chi connectivity index (χ2n) is 6.02. The summed E-state index contributed by atoms with van der Waals surface area (Å²) in [5, 5.41) is 0.0574. The molecule has 6 nitrogen and oxygen atoms in total. The molecular weight excluding hydrogens is 370 g/mol. The Morgan fingerprint density at radius 1 is 1.15 bits per heavy atom. The number of fused-ring (bicyclic) bond motifs is 1. The maximum atomic E-state index is 12.8. The Bertz CT molecular complexity index is 907. The molecule has 0 amide bonds. The van der Waals surface area contributed by atoms with Gasteiger partial charge in [0.25, 0.3) is 0 Å². The third-order valence-corrected chi connectivity index (χ3v) is 4.43. The highest BCUT2D eigenvalue weighted by Crippen LogP contribution is 2.44. The first kappa shape index (κ1) is 18.9. The van der Waals surface area contributed by atoms with Gasteiger partial charge < -0.3 is 23.8 Å². The lowest BCUT2D eigenvalue weighted by atomic mass is 10.1. The van der Waals surface area contributed by atoms with Crippen LogP contribution in [0.5, 0.6) is 23.0 Å². The van der Waals surface area contributed by atoms with E-state index >= 15 is 0 Å². The number of halogens is 1. The molecule has 7 heteroatoms. The van der Waals surface area contributed by atoms with Crippen molar-refractivity contribution in [2.75, 3.05) is 40.0 Å². The van der Waals surface area contributed by atoms with Crippen LogP contribution in [-0.4, -0.2) is 40.9 Å². The second-order valence-corrected chi connectivity index (χ2v) is 6.43. The SMILES string of the molecule is COc1ccc(C(=O)C(Cl)=Cc2ccc3c(c2OC)OCO3)cc1N(C)C. The Kier molecular flexibility index (Phi) is 5.46. The van der Waals surface area contributed by atoms with Crippen LogP contribution in [0.3, 0.4) is 0 Å². The zero-order valence-corrected chi connectivity index (χ0v) is 16.3. The normalized spacial score (nSPS) is 12.7. The summed E-state index contributed by atoms with van der Waals surface area (Å²) in [4.78, 5) is 14.7. The molecule has 142 valence electrons. The van der Waals surface area contributed by atoms with Gasteiger partial charge in [-0.05, 0) is 36.4 Å². The Morgan fingerprint density at radius 3 is 2.59 bits per heavy atom. The molecular formula is C20H20ClNO5. The highest BCUT2D eigenvalue weighted by Gasteiger charge is 2.22. The standard InChI is InChI=1S/C20H20ClNO5/c1-22(2)15-10-12(5-7-16(15)24-3)18(23)14(21)9-13-6-8-17-20(19(13)25-4)27-11-26-17/h5-10H,11H2,1-4H3. The van der Waals surface area contributed by atoms with E-state index in [0.29, 0.717) is 34.1 Å². The fourth-order valence-corrected chi connectivity index (χ4v) is 3.03. The Morgan fingerprint density at radius 2 is 1.93 bits per heavy atom. The summed E-state index contributed by atoms with van der Waals surface area (Å²) >= 11 is 6.32. The number of ketones is 1. The minimum atomic E-state index is -0.304. The monoisotopic (exact) mass is 389 g/mol. The van der Waals surface area contributed by atoms with Crippen LogP contribution < -0.4 is 23.8 Å². The number of hydrogen-bond donors (Lipinski definition) is 0. The molecule has 1 heterocycles. The van der Waals surface area contributed by atoms with Gasteiger partial charge in [-0.2, -0.15) is 0 Å². The second kappa shape index (κ2) is 7.80. The van der Waals surface area contributed by atoms with Crippen molar-refractivity contribution in [2.45, 2.75) is 0 Å². The van der Waals surface area contributed by atoms with Crippen LogP contribution in [0.2, 0.25) is 0 Å². The van der Waals surface area contributed by atoms with Crippen LogP contribution in [-0.2, 0) is 0 Å². The first-order valence-electron chi connectivity index (χ1n) is 8.20. The van der Waals surface area contributed by atoms with Crippen molar-refractivity contribution in [1.29, 1.82) is 0 Å². The number of nitrogens with zero attached hydrogens (tertiary/aromatic N) is 1. The van der Waals surface area contributed by atoms with Gasteiger partial charge in [0, 0.05) is 25.2 Å². The summed E-state index contributed by atoms with van der Waals surface area (Å²) in [5.41, 5.74) is 1.87. The highest BCUT2D eigenvalue weighted by molar-refractivity contribution is 6.47. The van der Waals surface area contributed by atoms with Crippen molar-refractivity contribution >= 4 is 29.1 Å². The summed E-state index contributed by atoms with van der Waals surface area (Å²) < 4.78 is 21.5. The minimum Gasteiger partial charge on any atom is -0.495 e. The van der Waals surface area contributed by atoms with Crippen LogP contribution >= 0.6 is 11.6 Å². The predicted octanol–water partition coefficient (Wildman–Crippen LogP) is 3.96. The molecule has 0 radical (unpaired) electrons. The number of carbonyl (C=O) groups excluding carboxylic acids is 1. The maximum Gasteiger partial charge on any atom is 0.231 e. The molecule has 0 atom stereocenters. The molecule has 0 saturated carbocycles. The zero-order chi connectivity index (χ0) is 19.6. The van der Waals surface area contributed by atoms with Crippen molar-refractivity contribution in [3.8, 4) is 23.0 Å². The summed E-state index contributed by atoms with van der Waals surface area (Å²) in [6.45, 7) is 0.130. The maximum absolute atomic E-state index is 12.8. The molecule has 0 N–H and O–H groups in total. The molecule has 2 aromatic rings. The molecule has 0 aromatic heterocycles. The van der Waals surface area contributed by atoms with Gasteiger partial charge in [-0.3, -0.25) is 4.79 Å². The smallest absolute Gasteiger partial charge is 0.231 e. The van der Waals surface area contributed by atoms with E-state index in [4.69, 9.17) is 30.5 Å². The van der Waals surface area contributed by atoms with Gasteiger partial charge in [0.05, 0.1) is 24.9 Å². The molecule has 2 aromatic carbocycles. The number of methoxy groups -OCH3 is 2. The van der Waals surface area contributed by atoms with Crippen molar-refractivity contribution in [3.05, 3.63) is 46.5 Å². The first-order chi connectivity index (χ1) is 13.0. The first-order valence-corrected chi connectivity index (χ1v) is 8.58. The molecule has 0 bridgehead atoms. The third kappa shape index (κ3) is 3.66. The number of rotatable bonds is 6. The molecule has 0 unspecified atom stereocenters. The van der Waals surface area contributed by atoms with Gasteiger partial charge in [0.2, 0.25) is 18.3 Å². The number of benzene rings is 2. The number of Topliss-reactive ketones (excluding diaryl/α,β-unsaturated/α-hetero) is 1. The number of anilines is 1. The van der Waals surface area contributed by atoms with E-state index in [1.165, 1.54) is 7.11 Å². The summed E-state index contributed by atoms with van der Waals surface area (Å²) in [6, 6.07) is 8.69. The molecule has 1 aliphatic rings. The lowest BCUT2D eigenvalue weighted by Gasteiger charge is -2.17. The quantitative estimate of drug-likeness (QED) is 0.550. The molecule has 27 heavy (non-hydrogen) atoms. The van der Waals surface area contributed by atoms with E-state index in [9.17, 15) is 4.79 Å². The van der Waals surface area contributed by atoms with Crippen molar-refractivity contribution in [3.63, 3.8) is 0 Å². The molecule has 0 fully saturated rings. The fraction of sp³-hybridized carbons (Fsp3) is 0.250. The lowest BCUT2D eigenvalue weighted by molar-refractivity contribution is 0.104. The van der Waals surface area contributed by atoms with Gasteiger partial charge >= 0.3 is 0 Å². The van der Waals surface area contributed by atoms with Crippen molar-refractivity contribution in [2.24, 2.45) is 0 Å². The number of ether oxygens (including phenoxy) is 4. The van der Waals surface area contributed by atoms with Gasteiger partial charge in [-0.25, -0.2) is 0 Å². The van der Waals surface area contributed by atoms with Gasteiger partial charge in [0.1, 0.15) is 5.75 Å². The average molecular weight is 390 g/mol.